The number of nitrogens with one attached hydrogen (secondary N) is 1. The minimum Gasteiger partial charge on any atom is -0.489 e. The van der Waals surface area contributed by atoms with Crippen molar-refractivity contribution in [3.8, 4) is 5.75 Å². The van der Waals surface area contributed by atoms with E-state index in [2.05, 4.69) is 10.3 Å². The van der Waals surface area contributed by atoms with E-state index in [0.29, 0.717) is 23.6 Å². The van der Waals surface area contributed by atoms with Crippen molar-refractivity contribution in [2.45, 2.75) is 52.6 Å². The van der Waals surface area contributed by atoms with E-state index < -0.39 is 11.7 Å². The number of halogens is 1. The Kier molecular flexibility index (Phi) is 6.13. The summed E-state index contributed by atoms with van der Waals surface area (Å²) < 4.78 is 29.6. The molecule has 0 saturated heterocycles. The molecule has 1 N–H and O–H groups in total. The minimum atomic E-state index is -0.613. The van der Waals surface area contributed by atoms with Crippen molar-refractivity contribution in [1.29, 1.82) is 0 Å². The lowest BCUT2D eigenvalue weighted by Gasteiger charge is -2.20. The zero-order valence-electron chi connectivity index (χ0n) is 16.7. The summed E-state index contributed by atoms with van der Waals surface area (Å²) in [5.74, 6) is 1.16. The summed E-state index contributed by atoms with van der Waals surface area (Å²) >= 11 is 0. The lowest BCUT2D eigenvalue weighted by molar-refractivity contribution is 0.0531. The van der Waals surface area contributed by atoms with E-state index in [1.807, 2.05) is 20.8 Å². The van der Waals surface area contributed by atoms with E-state index in [1.54, 1.807) is 39.0 Å². The molecule has 0 radical (unpaired) electrons. The molecule has 0 atom stereocenters. The molecule has 0 aliphatic rings. The molecule has 0 unspecified atom stereocenters. The lowest BCUT2D eigenvalue weighted by Crippen LogP contribution is -2.34. The van der Waals surface area contributed by atoms with Crippen LogP contribution in [0.25, 0.3) is 11.1 Å². The Morgan fingerprint density at radius 3 is 2.56 bits per heavy atom. The monoisotopic (exact) mass is 378 g/mol. The summed E-state index contributed by atoms with van der Waals surface area (Å²) in [5.41, 5.74) is 0.805. The molecule has 7 heteroatoms. The van der Waals surface area contributed by atoms with Crippen LogP contribution in [0.4, 0.5) is 9.18 Å². The van der Waals surface area contributed by atoms with Crippen molar-refractivity contribution >= 4 is 17.2 Å². The topological polar surface area (TPSA) is 73.6 Å². The number of aromatic nitrogens is 1. The summed E-state index contributed by atoms with van der Waals surface area (Å²) in [6.07, 6.45) is -0.193. The first kappa shape index (κ1) is 20.7. The molecule has 0 spiro atoms. The van der Waals surface area contributed by atoms with E-state index in [0.717, 1.165) is 5.52 Å². The average Bonchev–Trinajstić information content (AvgIpc) is 2.97. The lowest BCUT2D eigenvalue weighted by atomic mass is 9.97. The van der Waals surface area contributed by atoms with Crippen molar-refractivity contribution in [2.24, 2.45) is 0 Å². The Morgan fingerprint density at radius 1 is 1.26 bits per heavy atom. The standard InChI is InChI=1S/C20H27FN2O4/c1-19(2,3)17-23-15-8-7-14(9-16(15)26-17)25-12-13(10-21)11-22-18(24)27-20(4,5)6/h7-10H,11-12H2,1-6H3,(H,22,24). The molecule has 0 aliphatic heterocycles. The number of ether oxygens (including phenoxy) is 2. The maximum Gasteiger partial charge on any atom is 0.407 e. The van der Waals surface area contributed by atoms with E-state index >= 15 is 0 Å². The van der Waals surface area contributed by atoms with Crippen LogP contribution < -0.4 is 10.1 Å². The second-order valence-electron chi connectivity index (χ2n) is 8.31. The number of hydrogen-bond donors (Lipinski definition) is 1. The second-order valence-corrected chi connectivity index (χ2v) is 8.31. The Balaban J connectivity index is 1.95. The van der Waals surface area contributed by atoms with Crippen molar-refractivity contribution < 1.29 is 23.1 Å². The zero-order valence-corrected chi connectivity index (χ0v) is 16.7. The first-order chi connectivity index (χ1) is 12.5. The summed E-state index contributed by atoms with van der Waals surface area (Å²) in [6, 6.07) is 5.25. The Hall–Kier alpha value is -2.57. The van der Waals surface area contributed by atoms with Gasteiger partial charge in [-0.05, 0) is 32.9 Å². The van der Waals surface area contributed by atoms with Crippen LogP contribution in [0.3, 0.4) is 0 Å². The molecular formula is C20H27FN2O4. The fourth-order valence-electron chi connectivity index (χ4n) is 2.11. The van der Waals surface area contributed by atoms with Gasteiger partial charge in [0.2, 0.25) is 5.89 Å². The number of fused-ring (bicyclic) bond motifs is 1. The zero-order chi connectivity index (χ0) is 20.2. The highest BCUT2D eigenvalue weighted by atomic mass is 19.1. The largest absolute Gasteiger partial charge is 0.489 e. The minimum absolute atomic E-state index is 0.00978. The molecular weight excluding hydrogens is 351 g/mol. The third kappa shape index (κ3) is 6.27. The molecule has 0 saturated carbocycles. The quantitative estimate of drug-likeness (QED) is 0.802. The predicted octanol–water partition coefficient (Wildman–Crippen LogP) is 4.88. The molecule has 2 rings (SSSR count). The summed E-state index contributed by atoms with van der Waals surface area (Å²) in [7, 11) is 0. The number of oxazole rings is 1. The Bertz CT molecular complexity index is 829. The normalized spacial score (nSPS) is 12.9. The summed E-state index contributed by atoms with van der Waals surface area (Å²) in [6.45, 7) is 11.3. The Labute approximate surface area is 158 Å². The first-order valence-electron chi connectivity index (χ1n) is 8.77. The van der Waals surface area contributed by atoms with E-state index in [1.165, 1.54) is 0 Å². The van der Waals surface area contributed by atoms with Crippen molar-refractivity contribution in [2.75, 3.05) is 13.2 Å². The van der Waals surface area contributed by atoms with Crippen LogP contribution in [-0.2, 0) is 10.2 Å². The molecule has 1 heterocycles. The number of benzene rings is 1. The maximum absolute atomic E-state index is 13.1. The summed E-state index contributed by atoms with van der Waals surface area (Å²) in [4.78, 5) is 16.1. The molecule has 1 amide bonds. The fraction of sp³-hybridized carbons (Fsp3) is 0.500. The average molecular weight is 378 g/mol. The predicted molar refractivity (Wildman–Crippen MR) is 102 cm³/mol. The molecule has 1 aromatic carbocycles. The van der Waals surface area contributed by atoms with Gasteiger partial charge in [0.05, 0.1) is 6.33 Å². The van der Waals surface area contributed by atoms with Crippen LogP contribution >= 0.6 is 0 Å². The third-order valence-corrected chi connectivity index (χ3v) is 3.44. The number of hydrogen-bond acceptors (Lipinski definition) is 5. The number of amides is 1. The van der Waals surface area contributed by atoms with Gasteiger partial charge in [-0.1, -0.05) is 20.8 Å². The van der Waals surface area contributed by atoms with Crippen molar-refractivity contribution in [3.05, 3.63) is 36.0 Å². The smallest absolute Gasteiger partial charge is 0.407 e. The van der Waals surface area contributed by atoms with Gasteiger partial charge in [0.15, 0.2) is 5.58 Å². The van der Waals surface area contributed by atoms with Crippen LogP contribution in [0, 0.1) is 0 Å². The number of carbonyl (C=O) groups excluding carboxylic acids is 1. The van der Waals surface area contributed by atoms with Gasteiger partial charge in [-0.25, -0.2) is 14.2 Å². The third-order valence-electron chi connectivity index (χ3n) is 3.44. The van der Waals surface area contributed by atoms with Crippen molar-refractivity contribution in [3.63, 3.8) is 0 Å². The van der Waals surface area contributed by atoms with Gasteiger partial charge < -0.3 is 19.2 Å². The van der Waals surface area contributed by atoms with Gasteiger partial charge in [0.1, 0.15) is 23.5 Å². The number of alkyl carbamates (subject to hydrolysis) is 1. The molecule has 0 fully saturated rings. The van der Waals surface area contributed by atoms with Crippen LogP contribution in [0.15, 0.2) is 34.5 Å². The molecule has 0 bridgehead atoms. The van der Waals surface area contributed by atoms with Gasteiger partial charge >= 0.3 is 6.09 Å². The number of nitrogens with zero attached hydrogens (tertiary/aromatic N) is 1. The van der Waals surface area contributed by atoms with E-state index in [9.17, 15) is 9.18 Å². The fourth-order valence-corrected chi connectivity index (χ4v) is 2.11. The van der Waals surface area contributed by atoms with Gasteiger partial charge in [0.25, 0.3) is 0 Å². The highest BCUT2D eigenvalue weighted by Crippen LogP contribution is 2.28. The van der Waals surface area contributed by atoms with Gasteiger partial charge in [-0.2, -0.15) is 0 Å². The van der Waals surface area contributed by atoms with Crippen LogP contribution in [0.5, 0.6) is 5.75 Å². The molecule has 148 valence electrons. The van der Waals surface area contributed by atoms with Crippen LogP contribution in [0.2, 0.25) is 0 Å². The van der Waals surface area contributed by atoms with Gasteiger partial charge in [0, 0.05) is 23.6 Å². The highest BCUT2D eigenvalue weighted by Gasteiger charge is 2.21. The first-order valence-corrected chi connectivity index (χ1v) is 8.77. The molecule has 6 nitrogen and oxygen atoms in total. The van der Waals surface area contributed by atoms with Crippen LogP contribution in [0.1, 0.15) is 47.4 Å². The summed E-state index contributed by atoms with van der Waals surface area (Å²) in [5, 5.41) is 2.50. The SMILES string of the molecule is CC(C)(C)OC(=O)NCC(=CF)COc1ccc2nc(C(C)(C)C)oc2c1. The van der Waals surface area contributed by atoms with Crippen molar-refractivity contribution in [1.82, 2.24) is 10.3 Å². The molecule has 0 aliphatic carbocycles. The molecule has 1 aromatic heterocycles. The number of carbonyl (C=O) groups is 1. The van der Waals surface area contributed by atoms with Gasteiger partial charge in [-0.15, -0.1) is 0 Å². The van der Waals surface area contributed by atoms with E-state index in [4.69, 9.17) is 13.9 Å². The van der Waals surface area contributed by atoms with Gasteiger partial charge in [-0.3, -0.25) is 0 Å². The highest BCUT2D eigenvalue weighted by molar-refractivity contribution is 5.74. The second kappa shape index (κ2) is 7.98. The number of rotatable bonds is 5. The Morgan fingerprint density at radius 2 is 1.96 bits per heavy atom. The maximum atomic E-state index is 13.1. The molecule has 27 heavy (non-hydrogen) atoms. The van der Waals surface area contributed by atoms with Crippen LogP contribution in [-0.4, -0.2) is 29.8 Å². The van der Waals surface area contributed by atoms with E-state index in [-0.39, 0.29) is 24.1 Å². The molecule has 2 aromatic rings.